The van der Waals surface area contributed by atoms with Gasteiger partial charge in [-0.25, -0.2) is 8.42 Å². The molecule has 0 aliphatic heterocycles. The summed E-state index contributed by atoms with van der Waals surface area (Å²) >= 11 is 3.48. The van der Waals surface area contributed by atoms with Gasteiger partial charge in [0.05, 0.1) is 4.90 Å². The van der Waals surface area contributed by atoms with Crippen LogP contribution in [-0.4, -0.2) is 8.42 Å². The van der Waals surface area contributed by atoms with Crippen LogP contribution in [0.15, 0.2) is 144 Å². The summed E-state index contributed by atoms with van der Waals surface area (Å²) < 4.78 is 31.9. The highest BCUT2D eigenvalue weighted by atomic mass is 79.9. The van der Waals surface area contributed by atoms with Gasteiger partial charge in [0, 0.05) is 10.9 Å². The Hall–Kier alpha value is -3.51. The fourth-order valence-corrected chi connectivity index (χ4v) is 6.68. The summed E-state index contributed by atoms with van der Waals surface area (Å²) in [6.45, 7) is 0. The fourth-order valence-electron chi connectivity index (χ4n) is 4.71. The van der Waals surface area contributed by atoms with Gasteiger partial charge in [-0.05, 0) is 33.9 Å². The molecule has 0 aliphatic carbocycles. The lowest BCUT2D eigenvalue weighted by molar-refractivity contribution is 0.527. The molecule has 0 aromatic heterocycles. The molecular formula is C32H26BrNO2S. The lowest BCUT2D eigenvalue weighted by Gasteiger charge is -2.36. The Morgan fingerprint density at radius 3 is 1.46 bits per heavy atom. The van der Waals surface area contributed by atoms with Gasteiger partial charge in [-0.1, -0.05) is 149 Å². The maximum atomic E-state index is 14.4. The van der Waals surface area contributed by atoms with Crippen LogP contribution in [0.3, 0.4) is 0 Å². The minimum atomic E-state index is -4.02. The molecule has 37 heavy (non-hydrogen) atoms. The Morgan fingerprint density at radius 2 is 1.00 bits per heavy atom. The van der Waals surface area contributed by atoms with E-state index in [-0.39, 0.29) is 4.90 Å². The second-order valence-electron chi connectivity index (χ2n) is 8.78. The first-order chi connectivity index (χ1) is 18.0. The van der Waals surface area contributed by atoms with Crippen LogP contribution < -0.4 is 4.72 Å². The first-order valence-electron chi connectivity index (χ1n) is 12.0. The third kappa shape index (κ3) is 5.03. The van der Waals surface area contributed by atoms with Crippen LogP contribution in [0.1, 0.15) is 22.3 Å². The van der Waals surface area contributed by atoms with Crippen molar-refractivity contribution in [3.63, 3.8) is 0 Å². The summed E-state index contributed by atoms with van der Waals surface area (Å²) in [5.74, 6) is 0. The smallest absolute Gasteiger partial charge is 0.207 e. The first-order valence-corrected chi connectivity index (χ1v) is 14.6. The van der Waals surface area contributed by atoms with E-state index in [9.17, 15) is 8.42 Å². The number of alkyl halides is 1. The summed E-state index contributed by atoms with van der Waals surface area (Å²) in [5.41, 5.74) is 3.96. The van der Waals surface area contributed by atoms with Crippen molar-refractivity contribution < 1.29 is 8.42 Å². The van der Waals surface area contributed by atoms with Crippen LogP contribution in [0.25, 0.3) is 11.1 Å². The highest BCUT2D eigenvalue weighted by Crippen LogP contribution is 2.39. The van der Waals surface area contributed by atoms with Crippen LogP contribution in [-0.2, 0) is 20.9 Å². The van der Waals surface area contributed by atoms with E-state index in [0.29, 0.717) is 5.56 Å². The highest BCUT2D eigenvalue weighted by Gasteiger charge is 2.41. The Kier molecular flexibility index (Phi) is 7.38. The van der Waals surface area contributed by atoms with Crippen molar-refractivity contribution in [1.29, 1.82) is 0 Å². The summed E-state index contributed by atoms with van der Waals surface area (Å²) in [7, 11) is -4.02. The molecule has 0 saturated carbocycles. The molecule has 0 saturated heterocycles. The normalized spacial score (nSPS) is 11.8. The van der Waals surface area contributed by atoms with Gasteiger partial charge in [0.15, 0.2) is 0 Å². The SMILES string of the molecule is O=S(=O)(NC(c1ccccc1)(c1ccccc1)c1ccccc1)c1ccccc1-c1ccc(CBr)cc1. The number of rotatable bonds is 8. The Labute approximate surface area is 227 Å². The molecule has 1 N–H and O–H groups in total. The molecule has 0 heterocycles. The maximum Gasteiger partial charge on any atom is 0.242 e. The fraction of sp³-hybridized carbons (Fsp3) is 0.0625. The van der Waals surface area contributed by atoms with Gasteiger partial charge in [-0.15, -0.1) is 0 Å². The first kappa shape index (κ1) is 25.2. The molecule has 0 unspecified atom stereocenters. The zero-order chi connectivity index (χ0) is 25.7. The van der Waals surface area contributed by atoms with Gasteiger partial charge in [0.1, 0.15) is 5.54 Å². The van der Waals surface area contributed by atoms with E-state index >= 15 is 0 Å². The van der Waals surface area contributed by atoms with Crippen LogP contribution in [0, 0.1) is 0 Å². The highest BCUT2D eigenvalue weighted by molar-refractivity contribution is 9.08. The lowest BCUT2D eigenvalue weighted by atomic mass is 9.78. The third-order valence-electron chi connectivity index (χ3n) is 6.50. The Morgan fingerprint density at radius 1 is 0.568 bits per heavy atom. The van der Waals surface area contributed by atoms with Crippen molar-refractivity contribution in [1.82, 2.24) is 4.72 Å². The summed E-state index contributed by atoms with van der Waals surface area (Å²) in [5, 5.41) is 0.739. The van der Waals surface area contributed by atoms with Crippen LogP contribution >= 0.6 is 15.9 Å². The largest absolute Gasteiger partial charge is 0.242 e. The van der Waals surface area contributed by atoms with E-state index in [2.05, 4.69) is 20.7 Å². The van der Waals surface area contributed by atoms with E-state index < -0.39 is 15.6 Å². The standard InChI is InChI=1S/C32H26BrNO2S/c33-24-25-20-22-26(23-21-25)30-18-10-11-19-31(30)37(35,36)34-32(27-12-4-1-5-13-27,28-14-6-2-7-15-28)29-16-8-3-9-17-29/h1-23,34H,24H2. The number of benzene rings is 5. The molecule has 3 nitrogen and oxygen atoms in total. The van der Waals surface area contributed by atoms with Gasteiger partial charge in [0.25, 0.3) is 0 Å². The number of nitrogens with one attached hydrogen (secondary N) is 1. The van der Waals surface area contributed by atoms with Crippen molar-refractivity contribution in [3.05, 3.63) is 162 Å². The zero-order valence-corrected chi connectivity index (χ0v) is 22.5. The minimum Gasteiger partial charge on any atom is -0.207 e. The molecule has 5 aromatic rings. The lowest BCUT2D eigenvalue weighted by Crippen LogP contribution is -2.47. The molecule has 0 fully saturated rings. The number of halogens is 1. The molecule has 184 valence electrons. The van der Waals surface area contributed by atoms with Crippen LogP contribution in [0.5, 0.6) is 0 Å². The predicted molar refractivity (Wildman–Crippen MR) is 154 cm³/mol. The zero-order valence-electron chi connectivity index (χ0n) is 20.1. The monoisotopic (exact) mass is 567 g/mol. The average Bonchev–Trinajstić information content (AvgIpc) is 2.97. The van der Waals surface area contributed by atoms with Gasteiger partial charge >= 0.3 is 0 Å². The molecular weight excluding hydrogens is 542 g/mol. The van der Waals surface area contributed by atoms with E-state index in [1.54, 1.807) is 12.1 Å². The van der Waals surface area contributed by atoms with E-state index in [0.717, 1.165) is 33.1 Å². The molecule has 5 heteroatoms. The minimum absolute atomic E-state index is 0.230. The predicted octanol–water partition coefficient (Wildman–Crippen LogP) is 7.52. The molecule has 0 bridgehead atoms. The quantitative estimate of drug-likeness (QED) is 0.156. The van der Waals surface area contributed by atoms with Gasteiger partial charge < -0.3 is 0 Å². The van der Waals surface area contributed by atoms with E-state index in [4.69, 9.17) is 0 Å². The second kappa shape index (κ2) is 10.9. The maximum absolute atomic E-state index is 14.4. The van der Waals surface area contributed by atoms with Crippen LogP contribution in [0.2, 0.25) is 0 Å². The molecule has 5 rings (SSSR count). The van der Waals surface area contributed by atoms with Crippen molar-refractivity contribution >= 4 is 26.0 Å². The van der Waals surface area contributed by atoms with Crippen LogP contribution in [0.4, 0.5) is 0 Å². The Bertz CT molecular complexity index is 1470. The number of sulfonamides is 1. The summed E-state index contributed by atoms with van der Waals surface area (Å²) in [6, 6.07) is 44.3. The van der Waals surface area contributed by atoms with E-state index in [1.165, 1.54) is 0 Å². The van der Waals surface area contributed by atoms with Gasteiger partial charge in [-0.3, -0.25) is 0 Å². The molecule has 5 aromatic carbocycles. The third-order valence-corrected chi connectivity index (χ3v) is 8.66. The molecule has 0 amide bonds. The van der Waals surface area contributed by atoms with Crippen molar-refractivity contribution in [2.24, 2.45) is 0 Å². The summed E-state index contributed by atoms with van der Waals surface area (Å²) in [6.07, 6.45) is 0. The molecule has 0 spiro atoms. The van der Waals surface area contributed by atoms with Crippen molar-refractivity contribution in [2.45, 2.75) is 15.8 Å². The summed E-state index contributed by atoms with van der Waals surface area (Å²) in [4.78, 5) is 0.230. The van der Waals surface area contributed by atoms with E-state index in [1.807, 2.05) is 127 Å². The van der Waals surface area contributed by atoms with Crippen molar-refractivity contribution in [3.8, 4) is 11.1 Å². The number of hydrogen-bond acceptors (Lipinski definition) is 2. The van der Waals surface area contributed by atoms with Gasteiger partial charge in [0.2, 0.25) is 10.0 Å². The van der Waals surface area contributed by atoms with Crippen molar-refractivity contribution in [2.75, 3.05) is 0 Å². The molecule has 0 atom stereocenters. The molecule has 0 aliphatic rings. The number of hydrogen-bond donors (Lipinski definition) is 1. The Balaban J connectivity index is 1.73. The van der Waals surface area contributed by atoms with Gasteiger partial charge in [-0.2, -0.15) is 4.72 Å². The average molecular weight is 569 g/mol. The second-order valence-corrected chi connectivity index (χ2v) is 11.0. The molecule has 0 radical (unpaired) electrons. The topological polar surface area (TPSA) is 46.2 Å².